The number of carbonyl (C=O) groups excluding carboxylic acids is 2. The molecule has 6 nitrogen and oxygen atoms in total. The normalized spacial score (nSPS) is 11.2. The summed E-state index contributed by atoms with van der Waals surface area (Å²) in [4.78, 5) is 24.3. The van der Waals surface area contributed by atoms with Crippen LogP contribution in [0.4, 0.5) is 5.13 Å². The number of carbonyl (C=O) groups is 2. The number of nitrogens with one attached hydrogen (secondary N) is 1. The summed E-state index contributed by atoms with van der Waals surface area (Å²) >= 11 is 2.52. The third-order valence-corrected chi connectivity index (χ3v) is 6.14. The molecule has 0 fully saturated rings. The number of aromatic nitrogens is 2. The van der Waals surface area contributed by atoms with Crippen LogP contribution in [0.5, 0.6) is 5.75 Å². The number of hydrogen-bond donors (Lipinski definition) is 1. The van der Waals surface area contributed by atoms with Gasteiger partial charge < -0.3 is 4.74 Å². The lowest BCUT2D eigenvalue weighted by Crippen LogP contribution is -2.20. The van der Waals surface area contributed by atoms with Crippen LogP contribution in [0, 0.1) is 0 Å². The second-order valence-corrected chi connectivity index (χ2v) is 9.76. The van der Waals surface area contributed by atoms with Crippen molar-refractivity contribution in [2.75, 3.05) is 17.7 Å². The molecule has 1 N–H and O–H groups in total. The van der Waals surface area contributed by atoms with Gasteiger partial charge in [0.05, 0.1) is 5.75 Å². The Morgan fingerprint density at radius 1 is 1.03 bits per heavy atom. The van der Waals surface area contributed by atoms with Gasteiger partial charge in [-0.2, -0.15) is 0 Å². The van der Waals surface area contributed by atoms with Gasteiger partial charge in [-0.1, -0.05) is 86.3 Å². The van der Waals surface area contributed by atoms with E-state index >= 15 is 0 Å². The molecule has 1 amide bonds. The van der Waals surface area contributed by atoms with Crippen LogP contribution in [0.2, 0.25) is 0 Å². The number of ketones is 1. The molecule has 2 aromatic carbocycles. The quantitative estimate of drug-likeness (QED) is 0.306. The highest BCUT2D eigenvalue weighted by Gasteiger charge is 2.14. The minimum atomic E-state index is -0.317. The maximum Gasteiger partial charge on any atom is 0.264 e. The van der Waals surface area contributed by atoms with E-state index in [0.717, 1.165) is 0 Å². The van der Waals surface area contributed by atoms with Crippen molar-refractivity contribution >= 4 is 39.9 Å². The number of anilines is 1. The Kier molecular flexibility index (Phi) is 7.23. The number of hydrogen-bond acceptors (Lipinski definition) is 7. The molecule has 0 aliphatic carbocycles. The first-order chi connectivity index (χ1) is 14.3. The van der Waals surface area contributed by atoms with Gasteiger partial charge in [0.2, 0.25) is 5.13 Å². The minimum Gasteiger partial charge on any atom is -0.484 e. The molecule has 8 heteroatoms. The number of rotatable bonds is 8. The van der Waals surface area contributed by atoms with Crippen molar-refractivity contribution in [2.45, 2.75) is 30.5 Å². The van der Waals surface area contributed by atoms with Gasteiger partial charge in [-0.25, -0.2) is 0 Å². The summed E-state index contributed by atoms with van der Waals surface area (Å²) in [5.41, 5.74) is 1.93. The fraction of sp³-hybridized carbons (Fsp3) is 0.273. The molecule has 0 aliphatic rings. The Balaban J connectivity index is 1.45. The number of amides is 1. The van der Waals surface area contributed by atoms with E-state index in [1.807, 2.05) is 42.5 Å². The van der Waals surface area contributed by atoms with E-state index in [2.05, 4.69) is 36.3 Å². The minimum absolute atomic E-state index is 0.0206. The summed E-state index contributed by atoms with van der Waals surface area (Å²) < 4.78 is 6.16. The van der Waals surface area contributed by atoms with Gasteiger partial charge >= 0.3 is 0 Å². The predicted molar refractivity (Wildman–Crippen MR) is 121 cm³/mol. The van der Waals surface area contributed by atoms with Crippen molar-refractivity contribution in [3.63, 3.8) is 0 Å². The lowest BCUT2D eigenvalue weighted by atomic mass is 9.87. The molecule has 1 aromatic heterocycles. The first-order valence-electron chi connectivity index (χ1n) is 9.39. The third kappa shape index (κ3) is 6.40. The average Bonchev–Trinajstić information content (AvgIpc) is 3.18. The summed E-state index contributed by atoms with van der Waals surface area (Å²) in [5, 5.41) is 11.0. The molecule has 30 heavy (non-hydrogen) atoms. The first-order valence-corrected chi connectivity index (χ1v) is 11.2. The number of benzene rings is 2. The van der Waals surface area contributed by atoms with Gasteiger partial charge in [-0.15, -0.1) is 10.2 Å². The van der Waals surface area contributed by atoms with E-state index in [9.17, 15) is 9.59 Å². The smallest absolute Gasteiger partial charge is 0.264 e. The summed E-state index contributed by atoms with van der Waals surface area (Å²) in [6, 6.07) is 16.8. The summed E-state index contributed by atoms with van der Waals surface area (Å²) in [7, 11) is 0. The van der Waals surface area contributed by atoms with E-state index in [1.54, 1.807) is 12.1 Å². The van der Waals surface area contributed by atoms with Crippen molar-refractivity contribution < 1.29 is 14.3 Å². The van der Waals surface area contributed by atoms with Crippen LogP contribution in [0.3, 0.4) is 0 Å². The Labute approximate surface area is 184 Å². The van der Waals surface area contributed by atoms with Crippen molar-refractivity contribution in [3.05, 3.63) is 65.7 Å². The molecule has 0 radical (unpaired) electrons. The average molecular weight is 442 g/mol. The van der Waals surface area contributed by atoms with Gasteiger partial charge in [0.15, 0.2) is 16.7 Å². The topological polar surface area (TPSA) is 81.2 Å². The van der Waals surface area contributed by atoms with Crippen LogP contribution < -0.4 is 10.1 Å². The summed E-state index contributed by atoms with van der Waals surface area (Å²) in [6.45, 7) is 6.30. The molecule has 0 unspecified atom stereocenters. The Bertz CT molecular complexity index is 996. The largest absolute Gasteiger partial charge is 0.484 e. The number of Topliss-reactive ketones (excluding diaryl/α,β-unsaturated/α-hetero) is 1. The number of thioether (sulfide) groups is 1. The Morgan fingerprint density at radius 2 is 1.73 bits per heavy atom. The van der Waals surface area contributed by atoms with Gasteiger partial charge in [-0.05, 0) is 23.1 Å². The van der Waals surface area contributed by atoms with E-state index in [-0.39, 0.29) is 29.5 Å². The monoisotopic (exact) mass is 441 g/mol. The molecule has 0 saturated carbocycles. The molecule has 1 heterocycles. The van der Waals surface area contributed by atoms with E-state index in [4.69, 9.17) is 4.74 Å². The summed E-state index contributed by atoms with van der Waals surface area (Å²) in [6.07, 6.45) is 0. The molecule has 0 saturated heterocycles. The fourth-order valence-corrected chi connectivity index (χ4v) is 4.17. The van der Waals surface area contributed by atoms with Crippen LogP contribution in [0.1, 0.15) is 36.7 Å². The highest BCUT2D eigenvalue weighted by Crippen LogP contribution is 2.26. The molecule has 3 rings (SSSR count). The second-order valence-electron chi connectivity index (χ2n) is 7.56. The maximum atomic E-state index is 12.1. The molecule has 156 valence electrons. The van der Waals surface area contributed by atoms with Crippen molar-refractivity contribution in [1.82, 2.24) is 10.2 Å². The highest BCUT2D eigenvalue weighted by atomic mass is 32.2. The van der Waals surface area contributed by atoms with Gasteiger partial charge in [-0.3, -0.25) is 14.9 Å². The standard InChI is InChI=1S/C22H23N3O3S2/c1-22(2,3)16-9-11-17(12-10-16)28-13-19(27)23-20-24-25-21(30-20)29-14-18(26)15-7-5-4-6-8-15/h4-12H,13-14H2,1-3H3,(H,23,24,27). The lowest BCUT2D eigenvalue weighted by Gasteiger charge is -2.19. The summed E-state index contributed by atoms with van der Waals surface area (Å²) in [5.74, 6) is 0.599. The SMILES string of the molecule is CC(C)(C)c1ccc(OCC(=O)Nc2nnc(SCC(=O)c3ccccc3)s2)cc1. The van der Waals surface area contributed by atoms with Gasteiger partial charge in [0, 0.05) is 5.56 Å². The highest BCUT2D eigenvalue weighted by molar-refractivity contribution is 8.01. The van der Waals surface area contributed by atoms with Crippen LogP contribution in [0.25, 0.3) is 0 Å². The zero-order chi connectivity index (χ0) is 21.6. The van der Waals surface area contributed by atoms with E-state index < -0.39 is 0 Å². The Hall–Kier alpha value is -2.71. The fourth-order valence-electron chi connectivity index (χ4n) is 2.51. The van der Waals surface area contributed by atoms with E-state index in [0.29, 0.717) is 20.8 Å². The van der Waals surface area contributed by atoms with Gasteiger partial charge in [0.1, 0.15) is 5.75 Å². The van der Waals surface area contributed by atoms with Crippen LogP contribution in [-0.4, -0.2) is 34.2 Å². The Morgan fingerprint density at radius 3 is 2.40 bits per heavy atom. The predicted octanol–water partition coefficient (Wildman–Crippen LogP) is 4.83. The number of nitrogens with zero attached hydrogens (tertiary/aromatic N) is 2. The van der Waals surface area contributed by atoms with Crippen LogP contribution in [-0.2, 0) is 10.2 Å². The van der Waals surface area contributed by atoms with E-state index in [1.165, 1.54) is 28.7 Å². The molecule has 0 bridgehead atoms. The number of ether oxygens (including phenoxy) is 1. The molecule has 3 aromatic rings. The maximum absolute atomic E-state index is 12.1. The molecule has 0 atom stereocenters. The lowest BCUT2D eigenvalue weighted by molar-refractivity contribution is -0.118. The molecule has 0 aliphatic heterocycles. The van der Waals surface area contributed by atoms with Crippen molar-refractivity contribution in [2.24, 2.45) is 0 Å². The van der Waals surface area contributed by atoms with Crippen molar-refractivity contribution in [3.8, 4) is 5.75 Å². The van der Waals surface area contributed by atoms with Gasteiger partial charge in [0.25, 0.3) is 5.91 Å². The van der Waals surface area contributed by atoms with Crippen LogP contribution >= 0.6 is 23.1 Å². The molecular weight excluding hydrogens is 418 g/mol. The zero-order valence-corrected chi connectivity index (χ0v) is 18.7. The second kappa shape index (κ2) is 9.86. The van der Waals surface area contributed by atoms with Crippen molar-refractivity contribution in [1.29, 1.82) is 0 Å². The molecular formula is C22H23N3O3S2. The van der Waals surface area contributed by atoms with Crippen LogP contribution in [0.15, 0.2) is 58.9 Å². The third-order valence-electron chi connectivity index (χ3n) is 4.17. The molecule has 0 spiro atoms. The first kappa shape index (κ1) is 22.0. The zero-order valence-electron chi connectivity index (χ0n) is 17.0.